The van der Waals surface area contributed by atoms with Crippen LogP contribution in [0.15, 0.2) is 48.5 Å². The molecule has 0 N–H and O–H groups in total. The minimum Gasteiger partial charge on any atom is -0.288 e. The summed E-state index contributed by atoms with van der Waals surface area (Å²) in [5, 5.41) is 0. The van der Waals surface area contributed by atoms with E-state index < -0.39 is 0 Å². The molecule has 112 valence electrons. The molecule has 0 spiro atoms. The summed E-state index contributed by atoms with van der Waals surface area (Å²) in [7, 11) is 0. The zero-order valence-corrected chi connectivity index (χ0v) is 13.0. The lowest BCUT2D eigenvalue weighted by Gasteiger charge is -2.52. The second-order valence-electron chi connectivity index (χ2n) is 7.18. The largest absolute Gasteiger partial charge is 0.288 e. The second kappa shape index (κ2) is 4.96. The van der Waals surface area contributed by atoms with Gasteiger partial charge < -0.3 is 0 Å². The van der Waals surface area contributed by atoms with Gasteiger partial charge in [-0.25, -0.2) is 0 Å². The topological polar surface area (TPSA) is 3.24 Å². The van der Waals surface area contributed by atoms with Gasteiger partial charge in [-0.15, -0.1) is 0 Å². The fraction of sp³-hybridized carbons (Fsp3) is 0.429. The molecule has 3 aliphatic rings. The first-order valence-electron chi connectivity index (χ1n) is 8.86. The summed E-state index contributed by atoms with van der Waals surface area (Å²) in [6, 6.07) is 19.7. The Kier molecular flexibility index (Phi) is 2.91. The molecule has 2 aromatic rings. The molecule has 0 bridgehead atoms. The van der Waals surface area contributed by atoms with Gasteiger partial charge in [0.2, 0.25) is 0 Å². The molecule has 1 nitrogen and oxygen atoms in total. The highest BCUT2D eigenvalue weighted by molar-refractivity contribution is 5.47. The fourth-order valence-electron chi connectivity index (χ4n) is 5.26. The third-order valence-electron chi connectivity index (χ3n) is 6.17. The van der Waals surface area contributed by atoms with Crippen molar-refractivity contribution in [2.45, 2.75) is 50.1 Å². The normalized spacial score (nSPS) is 29.9. The predicted molar refractivity (Wildman–Crippen MR) is 90.1 cm³/mol. The van der Waals surface area contributed by atoms with Crippen molar-refractivity contribution < 1.29 is 0 Å². The Morgan fingerprint density at radius 1 is 0.773 bits per heavy atom. The molecule has 0 radical (unpaired) electrons. The maximum absolute atomic E-state index is 2.84. The van der Waals surface area contributed by atoms with Crippen LogP contribution in [0.2, 0.25) is 0 Å². The minimum absolute atomic E-state index is 0.500. The van der Waals surface area contributed by atoms with Crippen LogP contribution in [0.4, 0.5) is 0 Å². The van der Waals surface area contributed by atoms with Gasteiger partial charge in [-0.3, -0.25) is 4.90 Å². The maximum Gasteiger partial charge on any atom is 0.0610 e. The predicted octanol–water partition coefficient (Wildman–Crippen LogP) is 4.67. The highest BCUT2D eigenvalue weighted by atomic mass is 15.2. The van der Waals surface area contributed by atoms with Gasteiger partial charge in [0.1, 0.15) is 0 Å². The van der Waals surface area contributed by atoms with E-state index in [1.54, 1.807) is 22.3 Å². The van der Waals surface area contributed by atoms with Crippen molar-refractivity contribution in [2.75, 3.05) is 6.54 Å². The first kappa shape index (κ1) is 12.9. The molecule has 1 aliphatic carbocycles. The first-order valence-corrected chi connectivity index (χ1v) is 8.86. The molecular weight excluding hydrogens is 266 g/mol. The van der Waals surface area contributed by atoms with Crippen molar-refractivity contribution in [3.8, 4) is 0 Å². The van der Waals surface area contributed by atoms with Crippen LogP contribution >= 0.6 is 0 Å². The fourth-order valence-corrected chi connectivity index (χ4v) is 5.26. The number of nitrogens with zero attached hydrogens (tertiary/aromatic N) is 1. The van der Waals surface area contributed by atoms with Crippen LogP contribution in [0.5, 0.6) is 0 Å². The standard InChI is InChI=1S/C21H23N/c1-2-8-16-15(7-1)13-14-22-20-12-6-5-10-18(20)17-9-3-4-11-19(17)21(16)22/h1-4,7-9,11,18,20-21H,5-6,10,12-14H2/t18-,20-,21+/m1/s1. The molecule has 1 heteroatoms. The maximum atomic E-state index is 2.84. The zero-order chi connectivity index (χ0) is 14.5. The summed E-state index contributed by atoms with van der Waals surface area (Å²) in [4.78, 5) is 2.84. The Labute approximate surface area is 133 Å². The Morgan fingerprint density at radius 3 is 2.41 bits per heavy atom. The van der Waals surface area contributed by atoms with Crippen LogP contribution in [0, 0.1) is 0 Å². The lowest BCUT2D eigenvalue weighted by molar-refractivity contribution is 0.0813. The van der Waals surface area contributed by atoms with Gasteiger partial charge in [0, 0.05) is 12.6 Å². The van der Waals surface area contributed by atoms with E-state index in [0.717, 1.165) is 12.0 Å². The monoisotopic (exact) mass is 289 g/mol. The average Bonchev–Trinajstić information content (AvgIpc) is 2.61. The van der Waals surface area contributed by atoms with Crippen molar-refractivity contribution in [3.63, 3.8) is 0 Å². The molecule has 1 saturated carbocycles. The van der Waals surface area contributed by atoms with Crippen LogP contribution in [0.25, 0.3) is 0 Å². The molecule has 0 unspecified atom stereocenters. The van der Waals surface area contributed by atoms with Crippen molar-refractivity contribution in [2.24, 2.45) is 0 Å². The van der Waals surface area contributed by atoms with Crippen LogP contribution in [-0.4, -0.2) is 17.5 Å². The molecule has 0 amide bonds. The number of benzene rings is 2. The van der Waals surface area contributed by atoms with E-state index in [9.17, 15) is 0 Å². The van der Waals surface area contributed by atoms with Gasteiger partial charge in [-0.1, -0.05) is 61.4 Å². The SMILES string of the molecule is c1ccc2c(c1)CCN1[C@@H]2c2ccccc2[C@H]2CCCC[C@H]21. The van der Waals surface area contributed by atoms with E-state index in [1.165, 1.54) is 38.6 Å². The lowest BCUT2D eigenvalue weighted by atomic mass is 9.70. The molecule has 2 aromatic carbocycles. The molecule has 5 rings (SSSR count). The van der Waals surface area contributed by atoms with Crippen molar-refractivity contribution in [1.82, 2.24) is 4.90 Å². The molecule has 2 heterocycles. The summed E-state index contributed by atoms with van der Waals surface area (Å²) < 4.78 is 0. The molecule has 2 aliphatic heterocycles. The highest BCUT2D eigenvalue weighted by Crippen LogP contribution is 2.50. The Morgan fingerprint density at radius 2 is 1.50 bits per heavy atom. The number of rotatable bonds is 0. The molecule has 3 atom stereocenters. The van der Waals surface area contributed by atoms with E-state index in [1.807, 2.05) is 0 Å². The Hall–Kier alpha value is -1.60. The van der Waals surface area contributed by atoms with E-state index >= 15 is 0 Å². The minimum atomic E-state index is 0.500. The molecule has 0 aromatic heterocycles. The highest BCUT2D eigenvalue weighted by Gasteiger charge is 2.43. The average molecular weight is 289 g/mol. The van der Waals surface area contributed by atoms with Crippen LogP contribution < -0.4 is 0 Å². The Bertz CT molecular complexity index is 705. The second-order valence-corrected chi connectivity index (χ2v) is 7.18. The lowest BCUT2D eigenvalue weighted by Crippen LogP contribution is -2.50. The van der Waals surface area contributed by atoms with E-state index in [4.69, 9.17) is 0 Å². The summed E-state index contributed by atoms with van der Waals surface area (Å²) in [6.07, 6.45) is 6.81. The molecular formula is C21H23N. The zero-order valence-electron chi connectivity index (χ0n) is 13.0. The van der Waals surface area contributed by atoms with E-state index in [-0.39, 0.29) is 0 Å². The number of hydrogen-bond donors (Lipinski definition) is 0. The van der Waals surface area contributed by atoms with Gasteiger partial charge in [0.25, 0.3) is 0 Å². The van der Waals surface area contributed by atoms with Crippen LogP contribution in [-0.2, 0) is 6.42 Å². The summed E-state index contributed by atoms with van der Waals surface area (Å²) in [6.45, 7) is 1.23. The van der Waals surface area contributed by atoms with Crippen LogP contribution in [0.1, 0.15) is 59.9 Å². The Balaban J connectivity index is 1.72. The quantitative estimate of drug-likeness (QED) is 0.681. The molecule has 22 heavy (non-hydrogen) atoms. The van der Waals surface area contributed by atoms with Gasteiger partial charge >= 0.3 is 0 Å². The van der Waals surface area contributed by atoms with Gasteiger partial charge in [0.15, 0.2) is 0 Å². The van der Waals surface area contributed by atoms with Crippen molar-refractivity contribution in [3.05, 3.63) is 70.8 Å². The van der Waals surface area contributed by atoms with Crippen molar-refractivity contribution in [1.29, 1.82) is 0 Å². The number of fused-ring (bicyclic) bond motifs is 8. The number of hydrogen-bond acceptors (Lipinski definition) is 1. The van der Waals surface area contributed by atoms with Crippen molar-refractivity contribution >= 4 is 0 Å². The van der Waals surface area contributed by atoms with E-state index in [0.29, 0.717) is 6.04 Å². The van der Waals surface area contributed by atoms with E-state index in [2.05, 4.69) is 53.4 Å². The summed E-state index contributed by atoms with van der Waals surface area (Å²) >= 11 is 0. The van der Waals surface area contributed by atoms with Gasteiger partial charge in [0.05, 0.1) is 6.04 Å². The third-order valence-corrected chi connectivity index (χ3v) is 6.17. The molecule has 1 fully saturated rings. The summed E-state index contributed by atoms with van der Waals surface area (Å²) in [5.41, 5.74) is 6.35. The van der Waals surface area contributed by atoms with Gasteiger partial charge in [-0.2, -0.15) is 0 Å². The summed E-state index contributed by atoms with van der Waals surface area (Å²) in [5.74, 6) is 0.770. The third kappa shape index (κ3) is 1.75. The van der Waals surface area contributed by atoms with Crippen LogP contribution in [0.3, 0.4) is 0 Å². The first-order chi connectivity index (χ1) is 10.9. The smallest absolute Gasteiger partial charge is 0.0610 e. The molecule has 0 saturated heterocycles. The van der Waals surface area contributed by atoms with Gasteiger partial charge in [-0.05, 0) is 47.4 Å².